The van der Waals surface area contributed by atoms with Crippen LogP contribution >= 0.6 is 0 Å². The molecule has 0 aliphatic carbocycles. The summed E-state index contributed by atoms with van der Waals surface area (Å²) < 4.78 is 15.1. The highest BCUT2D eigenvalue weighted by Gasteiger charge is 1.92. The van der Waals surface area contributed by atoms with Gasteiger partial charge in [-0.1, -0.05) is 0 Å². The average molecular weight is 137 g/mol. The predicted molar refractivity (Wildman–Crippen MR) is 33.9 cm³/mol. The molecule has 1 atom stereocenters. The number of hydrogen-bond acceptors (Lipinski definition) is 3. The second-order valence-corrected chi connectivity index (χ2v) is 2.86. The lowest BCUT2D eigenvalue weighted by atomic mass is 10.8. The van der Waals surface area contributed by atoms with Crippen LogP contribution in [-0.4, -0.2) is 29.6 Å². The second-order valence-electron chi connectivity index (χ2n) is 1.34. The molecule has 0 radical (unpaired) electrons. The zero-order valence-corrected chi connectivity index (χ0v) is 5.74. The van der Waals surface area contributed by atoms with E-state index < -0.39 is 10.8 Å². The Morgan fingerprint density at radius 3 is 2.75 bits per heavy atom. The van der Waals surface area contributed by atoms with Gasteiger partial charge in [-0.25, -0.2) is 0 Å². The van der Waals surface area contributed by atoms with E-state index in [0.29, 0.717) is 18.2 Å². The van der Waals surface area contributed by atoms with Crippen LogP contribution in [0.15, 0.2) is 0 Å². The van der Waals surface area contributed by atoms with E-state index >= 15 is 0 Å². The summed E-state index contributed by atoms with van der Waals surface area (Å²) in [6.07, 6.45) is 0. The summed E-state index contributed by atoms with van der Waals surface area (Å²) in [5.74, 6) is 0.838. The Hall–Kier alpha value is 0.0700. The van der Waals surface area contributed by atoms with Crippen LogP contribution in [0.1, 0.15) is 0 Å². The molecule has 0 rings (SSSR count). The molecule has 8 heavy (non-hydrogen) atoms. The first-order valence-corrected chi connectivity index (χ1v) is 3.84. The van der Waals surface area contributed by atoms with E-state index in [0.717, 1.165) is 0 Å². The molecule has 0 spiro atoms. The molecule has 1 unspecified atom stereocenters. The summed E-state index contributed by atoms with van der Waals surface area (Å²) in [5.41, 5.74) is 5.11. The van der Waals surface area contributed by atoms with Crippen molar-refractivity contribution in [2.24, 2.45) is 5.73 Å². The van der Waals surface area contributed by atoms with Gasteiger partial charge in [-0.15, -0.1) is 0 Å². The third-order valence-electron chi connectivity index (χ3n) is 0.595. The third kappa shape index (κ3) is 4.23. The van der Waals surface area contributed by atoms with E-state index in [1.54, 1.807) is 0 Å². The summed E-state index contributed by atoms with van der Waals surface area (Å²) in [7, 11) is 0.655. The van der Waals surface area contributed by atoms with E-state index in [4.69, 9.17) is 5.73 Å². The molecule has 0 bridgehead atoms. The van der Waals surface area contributed by atoms with Gasteiger partial charge in [0.1, 0.15) is 5.94 Å². The Morgan fingerprint density at radius 2 is 2.38 bits per heavy atom. The van der Waals surface area contributed by atoms with Gasteiger partial charge in [0.05, 0.1) is 0 Å². The van der Waals surface area contributed by atoms with Crippen LogP contribution in [0.4, 0.5) is 0 Å². The highest BCUT2D eigenvalue weighted by Crippen LogP contribution is 1.78. The topological polar surface area (TPSA) is 52.3 Å². The fourth-order valence-corrected chi connectivity index (χ4v) is 0.965. The Labute approximate surface area is 51.7 Å². The van der Waals surface area contributed by atoms with Crippen molar-refractivity contribution < 1.29 is 8.95 Å². The van der Waals surface area contributed by atoms with Crippen LogP contribution in [0.3, 0.4) is 0 Å². The summed E-state index contributed by atoms with van der Waals surface area (Å²) >= 11 is 0. The van der Waals surface area contributed by atoms with Gasteiger partial charge < -0.3 is 10.5 Å². The Bertz CT molecular complexity index is 68.4. The van der Waals surface area contributed by atoms with Crippen molar-refractivity contribution in [3.63, 3.8) is 0 Å². The number of nitrogens with two attached hydrogens (primary N) is 1. The summed E-state index contributed by atoms with van der Waals surface area (Å²) in [5, 5.41) is 0. The van der Waals surface area contributed by atoms with Crippen LogP contribution in [-0.2, 0) is 15.5 Å². The number of rotatable bonds is 4. The minimum absolute atomic E-state index is 0.303. The predicted octanol–water partition coefficient (Wildman–Crippen LogP) is -0.702. The minimum Gasteiger partial charge on any atom is -0.371 e. The van der Waals surface area contributed by atoms with E-state index in [-0.39, 0.29) is 0 Å². The first-order chi connectivity index (χ1) is 3.81. The van der Waals surface area contributed by atoms with Crippen LogP contribution in [0, 0.1) is 0 Å². The fourth-order valence-electron chi connectivity index (χ4n) is 0.322. The Balaban J connectivity index is 3.06. The summed E-state index contributed by atoms with van der Waals surface area (Å²) in [6.45, 7) is 0.468. The molecule has 0 saturated heterocycles. The van der Waals surface area contributed by atoms with Crippen molar-refractivity contribution in [1.29, 1.82) is 0 Å². The van der Waals surface area contributed by atoms with Gasteiger partial charge in [-0.05, 0) is 0 Å². The Kier molecular flexibility index (Phi) is 5.26. The number of hydrogen-bond donors (Lipinski definition) is 1. The van der Waals surface area contributed by atoms with Crippen molar-refractivity contribution >= 4 is 10.8 Å². The molecule has 0 aliphatic heterocycles. The monoisotopic (exact) mass is 137 g/mol. The molecule has 0 amide bonds. The quantitative estimate of drug-likeness (QED) is 0.557. The van der Waals surface area contributed by atoms with E-state index in [1.165, 1.54) is 7.11 Å². The van der Waals surface area contributed by atoms with E-state index in [1.807, 2.05) is 0 Å². The molecule has 0 aromatic rings. The smallest absolute Gasteiger partial charge is 0.121 e. The highest BCUT2D eigenvalue weighted by molar-refractivity contribution is 7.84. The van der Waals surface area contributed by atoms with Gasteiger partial charge in [0.25, 0.3) is 0 Å². The SMILES string of the molecule is COCS(=O)CCN. The zero-order chi connectivity index (χ0) is 6.41. The molecule has 50 valence electrons. The lowest BCUT2D eigenvalue weighted by Crippen LogP contribution is -2.13. The maximum Gasteiger partial charge on any atom is 0.121 e. The normalized spacial score (nSPS) is 13.8. The first kappa shape index (κ1) is 8.07. The van der Waals surface area contributed by atoms with Gasteiger partial charge in [0.2, 0.25) is 0 Å². The lowest BCUT2D eigenvalue weighted by Gasteiger charge is -1.94. The van der Waals surface area contributed by atoms with Gasteiger partial charge in [0, 0.05) is 30.2 Å². The van der Waals surface area contributed by atoms with Gasteiger partial charge >= 0.3 is 0 Å². The summed E-state index contributed by atoms with van der Waals surface area (Å²) in [4.78, 5) is 0. The number of methoxy groups -OCH3 is 1. The van der Waals surface area contributed by atoms with Gasteiger partial charge in [-0.2, -0.15) is 0 Å². The molecule has 0 saturated carbocycles. The van der Waals surface area contributed by atoms with Crippen LogP contribution < -0.4 is 5.73 Å². The molecule has 2 N–H and O–H groups in total. The maximum absolute atomic E-state index is 10.5. The van der Waals surface area contributed by atoms with Crippen molar-refractivity contribution in [2.75, 3.05) is 25.3 Å². The third-order valence-corrected chi connectivity index (χ3v) is 1.78. The molecule has 4 heteroatoms. The second kappa shape index (κ2) is 5.21. The maximum atomic E-state index is 10.5. The van der Waals surface area contributed by atoms with E-state index in [9.17, 15) is 4.21 Å². The van der Waals surface area contributed by atoms with Gasteiger partial charge in [-0.3, -0.25) is 4.21 Å². The molecule has 3 nitrogen and oxygen atoms in total. The van der Waals surface area contributed by atoms with Crippen molar-refractivity contribution in [3.8, 4) is 0 Å². The number of ether oxygens (including phenoxy) is 1. The molecule has 0 fully saturated rings. The van der Waals surface area contributed by atoms with Crippen LogP contribution in [0.2, 0.25) is 0 Å². The average Bonchev–Trinajstić information content (AvgIpc) is 1.68. The molecule has 0 aromatic heterocycles. The van der Waals surface area contributed by atoms with Crippen LogP contribution in [0.5, 0.6) is 0 Å². The first-order valence-electron chi connectivity index (χ1n) is 2.35. The molecular formula is C4H11NO2S. The largest absolute Gasteiger partial charge is 0.371 e. The molecular weight excluding hydrogens is 126 g/mol. The molecule has 0 heterocycles. The highest BCUT2D eigenvalue weighted by atomic mass is 32.2. The van der Waals surface area contributed by atoms with E-state index in [2.05, 4.69) is 4.74 Å². The molecule has 0 aromatic carbocycles. The standard InChI is InChI=1S/C4H11NO2S/c1-7-4-8(6)3-2-5/h2-5H2,1H3. The zero-order valence-electron chi connectivity index (χ0n) is 4.92. The van der Waals surface area contributed by atoms with Crippen LogP contribution in [0.25, 0.3) is 0 Å². The lowest BCUT2D eigenvalue weighted by molar-refractivity contribution is 0.254. The van der Waals surface area contributed by atoms with Crippen molar-refractivity contribution in [1.82, 2.24) is 0 Å². The Morgan fingerprint density at radius 1 is 1.75 bits per heavy atom. The molecule has 0 aliphatic rings. The minimum atomic E-state index is -0.867. The van der Waals surface area contributed by atoms with Crippen molar-refractivity contribution in [2.45, 2.75) is 0 Å². The van der Waals surface area contributed by atoms with Gasteiger partial charge in [0.15, 0.2) is 0 Å². The van der Waals surface area contributed by atoms with Crippen molar-refractivity contribution in [3.05, 3.63) is 0 Å². The fraction of sp³-hybridized carbons (Fsp3) is 1.00. The summed E-state index contributed by atoms with van der Waals surface area (Å²) in [6, 6.07) is 0.